The number of anilines is 1. The van der Waals surface area contributed by atoms with Gasteiger partial charge in [0.25, 0.3) is 10.0 Å². The number of hydrogen-bond donors (Lipinski definition) is 1. The van der Waals surface area contributed by atoms with Crippen LogP contribution >= 0.6 is 11.3 Å². The molecule has 0 radical (unpaired) electrons. The van der Waals surface area contributed by atoms with E-state index in [0.29, 0.717) is 22.2 Å². The Morgan fingerprint density at radius 3 is 2.36 bits per heavy atom. The van der Waals surface area contributed by atoms with Crippen LogP contribution in [0.3, 0.4) is 0 Å². The van der Waals surface area contributed by atoms with Crippen molar-refractivity contribution in [2.75, 3.05) is 4.72 Å². The Balaban J connectivity index is 1.88. The Labute approximate surface area is 151 Å². The van der Waals surface area contributed by atoms with Crippen molar-refractivity contribution in [2.45, 2.75) is 38.5 Å². The second kappa shape index (κ2) is 6.65. The first-order valence-corrected chi connectivity index (χ1v) is 10.2. The third kappa shape index (κ3) is 3.77. The van der Waals surface area contributed by atoms with Gasteiger partial charge in [0, 0.05) is 16.6 Å². The first-order chi connectivity index (χ1) is 11.8. The Hall–Kier alpha value is -2.12. The maximum Gasteiger partial charge on any atom is 0.263 e. The minimum Gasteiger partial charge on any atom is -0.355 e. The van der Waals surface area contributed by atoms with Crippen molar-refractivity contribution >= 4 is 27.0 Å². The fraction of sp³-hybridized carbons (Fsp3) is 0.278. The number of benzene rings is 1. The van der Waals surface area contributed by atoms with Crippen LogP contribution < -0.4 is 4.72 Å². The molecular formula is C18H20N2O3S2. The van der Waals surface area contributed by atoms with Gasteiger partial charge in [-0.1, -0.05) is 31.1 Å². The first-order valence-electron chi connectivity index (χ1n) is 7.93. The van der Waals surface area contributed by atoms with Gasteiger partial charge in [-0.15, -0.1) is 11.3 Å². The van der Waals surface area contributed by atoms with Crippen LogP contribution in [0, 0.1) is 13.8 Å². The molecule has 2 aromatic heterocycles. The molecule has 0 aliphatic rings. The fourth-order valence-corrected chi connectivity index (χ4v) is 5.08. The molecule has 0 saturated heterocycles. The molecule has 5 nitrogen and oxygen atoms in total. The number of sulfonamides is 1. The summed E-state index contributed by atoms with van der Waals surface area (Å²) >= 11 is 1.37. The number of rotatable bonds is 5. The highest BCUT2D eigenvalue weighted by Crippen LogP contribution is 2.34. The summed E-state index contributed by atoms with van der Waals surface area (Å²) in [7, 11) is -3.66. The summed E-state index contributed by atoms with van der Waals surface area (Å²) in [5, 5.41) is 3.85. The standard InChI is InChI=1S/C18H20N2O3S2/c1-11(2)14-5-7-15(8-6-14)20-25(21,22)18-10-17(24-13(18)4)16-9-12(3)19-23-16/h5-11,20H,1-4H3. The number of hydrogen-bond acceptors (Lipinski definition) is 5. The van der Waals surface area contributed by atoms with Crippen molar-refractivity contribution in [1.29, 1.82) is 0 Å². The lowest BCUT2D eigenvalue weighted by Crippen LogP contribution is -2.13. The molecule has 0 spiro atoms. The molecule has 25 heavy (non-hydrogen) atoms. The number of aromatic nitrogens is 1. The molecule has 132 valence electrons. The fourth-order valence-electron chi connectivity index (χ4n) is 2.48. The lowest BCUT2D eigenvalue weighted by atomic mass is 10.0. The molecule has 0 saturated carbocycles. The molecular weight excluding hydrogens is 356 g/mol. The Kier molecular flexibility index (Phi) is 4.71. The maximum absolute atomic E-state index is 12.7. The van der Waals surface area contributed by atoms with Crippen molar-refractivity contribution in [3.05, 3.63) is 52.5 Å². The Bertz CT molecular complexity index is 984. The summed E-state index contributed by atoms with van der Waals surface area (Å²) in [6, 6.07) is 10.9. The zero-order valence-electron chi connectivity index (χ0n) is 14.5. The third-order valence-electron chi connectivity index (χ3n) is 3.86. The van der Waals surface area contributed by atoms with Crippen LogP contribution in [0.15, 0.2) is 45.8 Å². The van der Waals surface area contributed by atoms with Crippen LogP contribution in [0.1, 0.15) is 35.9 Å². The van der Waals surface area contributed by atoms with E-state index in [4.69, 9.17) is 4.52 Å². The minimum absolute atomic E-state index is 0.259. The van der Waals surface area contributed by atoms with Gasteiger partial charge in [0.2, 0.25) is 0 Å². The zero-order valence-corrected chi connectivity index (χ0v) is 16.2. The number of nitrogens with one attached hydrogen (secondary N) is 1. The predicted octanol–water partition coefficient (Wildman–Crippen LogP) is 4.94. The van der Waals surface area contributed by atoms with Gasteiger partial charge in [-0.05, 0) is 43.5 Å². The second-order valence-electron chi connectivity index (χ2n) is 6.25. The number of nitrogens with zero attached hydrogens (tertiary/aromatic N) is 1. The summed E-state index contributed by atoms with van der Waals surface area (Å²) in [5.41, 5.74) is 2.47. The minimum atomic E-state index is -3.66. The quantitative estimate of drug-likeness (QED) is 0.684. The summed E-state index contributed by atoms with van der Waals surface area (Å²) in [6.07, 6.45) is 0. The zero-order chi connectivity index (χ0) is 18.2. The Morgan fingerprint density at radius 2 is 1.80 bits per heavy atom. The van der Waals surface area contributed by atoms with Crippen LogP contribution in [0.4, 0.5) is 5.69 Å². The van der Waals surface area contributed by atoms with Gasteiger partial charge in [-0.25, -0.2) is 8.42 Å². The molecule has 1 aromatic carbocycles. The smallest absolute Gasteiger partial charge is 0.263 e. The lowest BCUT2D eigenvalue weighted by Gasteiger charge is -2.10. The summed E-state index contributed by atoms with van der Waals surface area (Å²) in [5.74, 6) is 0.978. The van der Waals surface area contributed by atoms with Crippen molar-refractivity contribution in [1.82, 2.24) is 5.16 Å². The first kappa shape index (κ1) is 17.7. The highest BCUT2D eigenvalue weighted by Gasteiger charge is 2.22. The van der Waals surface area contributed by atoms with Gasteiger partial charge in [0.1, 0.15) is 4.90 Å². The summed E-state index contributed by atoms with van der Waals surface area (Å²) in [6.45, 7) is 7.81. The van der Waals surface area contributed by atoms with E-state index in [0.717, 1.165) is 16.1 Å². The molecule has 3 rings (SSSR count). The molecule has 0 fully saturated rings. The van der Waals surface area contributed by atoms with Crippen molar-refractivity contribution in [3.63, 3.8) is 0 Å². The van der Waals surface area contributed by atoms with Crippen LogP contribution in [-0.2, 0) is 10.0 Å². The van der Waals surface area contributed by atoms with Crippen molar-refractivity contribution < 1.29 is 12.9 Å². The van der Waals surface area contributed by atoms with Crippen molar-refractivity contribution in [2.24, 2.45) is 0 Å². The summed E-state index contributed by atoms with van der Waals surface area (Å²) < 4.78 is 33.4. The largest absolute Gasteiger partial charge is 0.355 e. The monoisotopic (exact) mass is 376 g/mol. The maximum atomic E-state index is 12.7. The van der Waals surface area contributed by atoms with Gasteiger partial charge < -0.3 is 4.52 Å². The Morgan fingerprint density at radius 1 is 1.12 bits per heavy atom. The van der Waals surface area contributed by atoms with E-state index in [2.05, 4.69) is 23.7 Å². The van der Waals surface area contributed by atoms with E-state index >= 15 is 0 Å². The number of thiophene rings is 1. The molecule has 0 atom stereocenters. The topological polar surface area (TPSA) is 72.2 Å². The molecule has 0 aliphatic heterocycles. The van der Waals surface area contributed by atoms with E-state index in [9.17, 15) is 8.42 Å². The van der Waals surface area contributed by atoms with Gasteiger partial charge in [-0.2, -0.15) is 0 Å². The normalized spacial score (nSPS) is 11.9. The van der Waals surface area contributed by atoms with E-state index in [-0.39, 0.29) is 4.90 Å². The van der Waals surface area contributed by atoms with E-state index < -0.39 is 10.0 Å². The van der Waals surface area contributed by atoms with E-state index in [1.165, 1.54) is 11.3 Å². The summed E-state index contributed by atoms with van der Waals surface area (Å²) in [4.78, 5) is 1.71. The average Bonchev–Trinajstić information content (AvgIpc) is 3.13. The van der Waals surface area contributed by atoms with Gasteiger partial charge in [0.05, 0.1) is 10.6 Å². The molecule has 0 aliphatic carbocycles. The molecule has 2 heterocycles. The van der Waals surface area contributed by atoms with Crippen LogP contribution in [0.25, 0.3) is 10.6 Å². The van der Waals surface area contributed by atoms with Gasteiger partial charge in [-0.3, -0.25) is 4.72 Å². The number of aryl methyl sites for hydroxylation is 2. The molecule has 0 amide bonds. The van der Waals surface area contributed by atoms with Gasteiger partial charge >= 0.3 is 0 Å². The SMILES string of the molecule is Cc1cc(-c2cc(S(=O)(=O)Nc3ccc(C(C)C)cc3)c(C)s2)on1. The highest BCUT2D eigenvalue weighted by atomic mass is 32.2. The van der Waals surface area contributed by atoms with Crippen LogP contribution in [0.5, 0.6) is 0 Å². The molecule has 1 N–H and O–H groups in total. The highest BCUT2D eigenvalue weighted by molar-refractivity contribution is 7.93. The van der Waals surface area contributed by atoms with Crippen molar-refractivity contribution in [3.8, 4) is 10.6 Å². The predicted molar refractivity (Wildman–Crippen MR) is 101 cm³/mol. The average molecular weight is 377 g/mol. The molecule has 3 aromatic rings. The van der Waals surface area contributed by atoms with Crippen LogP contribution in [-0.4, -0.2) is 13.6 Å². The molecule has 0 bridgehead atoms. The third-order valence-corrected chi connectivity index (χ3v) is 6.56. The van der Waals surface area contributed by atoms with Crippen LogP contribution in [0.2, 0.25) is 0 Å². The van der Waals surface area contributed by atoms with E-state index in [1.54, 1.807) is 31.2 Å². The molecule has 0 unspecified atom stereocenters. The van der Waals surface area contributed by atoms with Gasteiger partial charge in [0.15, 0.2) is 5.76 Å². The lowest BCUT2D eigenvalue weighted by molar-refractivity contribution is 0.428. The molecule has 7 heteroatoms. The van der Waals surface area contributed by atoms with E-state index in [1.807, 2.05) is 19.1 Å². The second-order valence-corrected chi connectivity index (χ2v) is 9.15.